The fraction of sp³-hybridized carbons (Fsp3) is 0.474. The van der Waals surface area contributed by atoms with Crippen molar-refractivity contribution in [2.24, 2.45) is 12.5 Å². The molecular weight excluding hydrogens is 318 g/mol. The monoisotopic (exact) mass is 345 g/mol. The first-order valence-electron chi connectivity index (χ1n) is 8.43. The first-order valence-corrected chi connectivity index (χ1v) is 8.43. The number of aromatic nitrogens is 2. The number of amides is 1. The minimum Gasteiger partial charge on any atom is -0.490 e. The first-order chi connectivity index (χ1) is 11.8. The number of para-hydroxylation sites is 2. The summed E-state index contributed by atoms with van der Waals surface area (Å²) in [5, 5.41) is 7.25. The van der Waals surface area contributed by atoms with Crippen LogP contribution in [0.5, 0.6) is 11.5 Å². The van der Waals surface area contributed by atoms with Crippen molar-refractivity contribution in [3.63, 3.8) is 0 Å². The van der Waals surface area contributed by atoms with Crippen molar-refractivity contribution in [2.75, 3.05) is 13.2 Å². The van der Waals surface area contributed by atoms with Crippen LogP contribution < -0.4 is 14.8 Å². The van der Waals surface area contributed by atoms with E-state index in [9.17, 15) is 4.79 Å². The number of ether oxygens (including phenoxy) is 2. The summed E-state index contributed by atoms with van der Waals surface area (Å²) < 4.78 is 12.9. The standard InChI is InChI=1S/C19H27N3O3/c1-6-24-15-9-7-8-10-16(15)25-13-17(23)21-18(19(2,3)4)14-11-20-22(5)12-14/h7-12,18H,6,13H2,1-5H3,(H,21,23)/t18-/m0/s1. The maximum Gasteiger partial charge on any atom is 0.258 e. The van der Waals surface area contributed by atoms with Crippen LogP contribution in [0.3, 0.4) is 0 Å². The molecule has 1 amide bonds. The highest BCUT2D eigenvalue weighted by atomic mass is 16.5. The summed E-state index contributed by atoms with van der Waals surface area (Å²) in [6.45, 7) is 8.62. The van der Waals surface area contributed by atoms with Crippen LogP contribution >= 0.6 is 0 Å². The summed E-state index contributed by atoms with van der Waals surface area (Å²) >= 11 is 0. The van der Waals surface area contributed by atoms with Gasteiger partial charge >= 0.3 is 0 Å². The second-order valence-electron chi connectivity index (χ2n) is 6.98. The second-order valence-corrected chi connectivity index (χ2v) is 6.98. The Kier molecular flexibility index (Phi) is 6.07. The van der Waals surface area contributed by atoms with Gasteiger partial charge in [0.15, 0.2) is 18.1 Å². The highest BCUT2D eigenvalue weighted by Gasteiger charge is 2.29. The van der Waals surface area contributed by atoms with Gasteiger partial charge < -0.3 is 14.8 Å². The molecule has 1 aromatic heterocycles. The van der Waals surface area contributed by atoms with Crippen LogP contribution in [0.25, 0.3) is 0 Å². The van der Waals surface area contributed by atoms with E-state index >= 15 is 0 Å². The molecule has 0 bridgehead atoms. The van der Waals surface area contributed by atoms with E-state index in [0.29, 0.717) is 18.1 Å². The number of nitrogens with zero attached hydrogens (tertiary/aromatic N) is 2. The van der Waals surface area contributed by atoms with E-state index in [1.54, 1.807) is 16.9 Å². The molecule has 6 heteroatoms. The van der Waals surface area contributed by atoms with Crippen molar-refractivity contribution >= 4 is 5.91 Å². The molecule has 0 spiro atoms. The molecule has 1 atom stereocenters. The van der Waals surface area contributed by atoms with Gasteiger partial charge in [0.2, 0.25) is 0 Å². The molecule has 1 N–H and O–H groups in total. The number of hydrogen-bond acceptors (Lipinski definition) is 4. The van der Waals surface area contributed by atoms with Gasteiger partial charge in [-0.15, -0.1) is 0 Å². The summed E-state index contributed by atoms with van der Waals surface area (Å²) in [6, 6.07) is 7.18. The third-order valence-corrected chi connectivity index (χ3v) is 3.74. The van der Waals surface area contributed by atoms with E-state index in [4.69, 9.17) is 9.47 Å². The van der Waals surface area contributed by atoms with Gasteiger partial charge in [0.1, 0.15) is 0 Å². The molecule has 0 radical (unpaired) electrons. The van der Waals surface area contributed by atoms with E-state index in [0.717, 1.165) is 5.56 Å². The summed E-state index contributed by atoms with van der Waals surface area (Å²) in [5.41, 5.74) is 0.820. The van der Waals surface area contributed by atoms with Gasteiger partial charge in [-0.25, -0.2) is 0 Å². The molecule has 6 nitrogen and oxygen atoms in total. The highest BCUT2D eigenvalue weighted by Crippen LogP contribution is 2.32. The molecule has 136 valence electrons. The Labute approximate surface area is 149 Å². The van der Waals surface area contributed by atoms with Crippen LogP contribution in [-0.4, -0.2) is 28.9 Å². The van der Waals surface area contributed by atoms with Crippen molar-refractivity contribution in [1.29, 1.82) is 0 Å². The zero-order valence-electron chi connectivity index (χ0n) is 15.6. The maximum atomic E-state index is 12.4. The summed E-state index contributed by atoms with van der Waals surface area (Å²) in [7, 11) is 1.86. The Morgan fingerprint density at radius 2 is 1.88 bits per heavy atom. The molecule has 0 unspecified atom stereocenters. The number of carbonyl (C=O) groups excluding carboxylic acids is 1. The fourth-order valence-corrected chi connectivity index (χ4v) is 2.58. The van der Waals surface area contributed by atoms with Gasteiger partial charge in [0.05, 0.1) is 18.8 Å². The third-order valence-electron chi connectivity index (χ3n) is 3.74. The van der Waals surface area contributed by atoms with Gasteiger partial charge in [-0.3, -0.25) is 9.48 Å². The molecule has 0 aliphatic heterocycles. The molecular formula is C19H27N3O3. The Balaban J connectivity index is 2.03. The number of aryl methyl sites for hydroxylation is 1. The molecule has 1 aromatic carbocycles. The number of hydrogen-bond donors (Lipinski definition) is 1. The van der Waals surface area contributed by atoms with Gasteiger partial charge in [-0.1, -0.05) is 32.9 Å². The quantitative estimate of drug-likeness (QED) is 0.837. The minimum atomic E-state index is -0.185. The Morgan fingerprint density at radius 3 is 2.40 bits per heavy atom. The summed E-state index contributed by atoms with van der Waals surface area (Å²) in [4.78, 5) is 12.4. The van der Waals surface area contributed by atoms with Crippen LogP contribution in [0.2, 0.25) is 0 Å². The lowest BCUT2D eigenvalue weighted by Gasteiger charge is -2.30. The van der Waals surface area contributed by atoms with Crippen LogP contribution in [-0.2, 0) is 11.8 Å². The fourth-order valence-electron chi connectivity index (χ4n) is 2.58. The van der Waals surface area contributed by atoms with Crippen LogP contribution in [0.15, 0.2) is 36.7 Å². The highest BCUT2D eigenvalue weighted by molar-refractivity contribution is 5.78. The van der Waals surface area contributed by atoms with E-state index in [2.05, 4.69) is 31.2 Å². The van der Waals surface area contributed by atoms with Crippen LogP contribution in [0.4, 0.5) is 0 Å². The van der Waals surface area contributed by atoms with Crippen molar-refractivity contribution in [2.45, 2.75) is 33.7 Å². The lowest BCUT2D eigenvalue weighted by molar-refractivity contribution is -0.124. The lowest BCUT2D eigenvalue weighted by Crippen LogP contribution is -2.39. The van der Waals surface area contributed by atoms with Gasteiger partial charge in [-0.05, 0) is 24.5 Å². The third kappa shape index (κ3) is 5.24. The molecule has 0 aliphatic carbocycles. The molecule has 0 saturated carbocycles. The van der Waals surface area contributed by atoms with Gasteiger partial charge in [-0.2, -0.15) is 5.10 Å². The zero-order chi connectivity index (χ0) is 18.4. The predicted octanol–water partition coefficient (Wildman–Crippen LogP) is 3.10. The Bertz CT molecular complexity index is 704. The molecule has 2 rings (SSSR count). The number of rotatable bonds is 7. The van der Waals surface area contributed by atoms with Crippen molar-refractivity contribution in [3.05, 3.63) is 42.2 Å². The van der Waals surface area contributed by atoms with Gasteiger partial charge in [0, 0.05) is 18.8 Å². The second kappa shape index (κ2) is 8.05. The lowest BCUT2D eigenvalue weighted by atomic mass is 9.83. The average molecular weight is 345 g/mol. The van der Waals surface area contributed by atoms with E-state index in [-0.39, 0.29) is 24.0 Å². The topological polar surface area (TPSA) is 65.4 Å². The van der Waals surface area contributed by atoms with Crippen LogP contribution in [0, 0.1) is 5.41 Å². The van der Waals surface area contributed by atoms with Crippen LogP contribution in [0.1, 0.15) is 39.3 Å². The van der Waals surface area contributed by atoms with E-state index in [1.807, 2.05) is 38.4 Å². The number of carbonyl (C=O) groups is 1. The summed E-state index contributed by atoms with van der Waals surface area (Å²) in [5.74, 6) is 1.01. The summed E-state index contributed by atoms with van der Waals surface area (Å²) in [6.07, 6.45) is 3.70. The van der Waals surface area contributed by atoms with E-state index < -0.39 is 0 Å². The number of nitrogens with one attached hydrogen (secondary N) is 1. The molecule has 1 heterocycles. The largest absolute Gasteiger partial charge is 0.490 e. The van der Waals surface area contributed by atoms with Crippen molar-refractivity contribution < 1.29 is 14.3 Å². The Morgan fingerprint density at radius 1 is 1.24 bits per heavy atom. The van der Waals surface area contributed by atoms with Gasteiger partial charge in [0.25, 0.3) is 5.91 Å². The molecule has 0 fully saturated rings. The molecule has 25 heavy (non-hydrogen) atoms. The smallest absolute Gasteiger partial charge is 0.258 e. The van der Waals surface area contributed by atoms with Crippen molar-refractivity contribution in [1.82, 2.24) is 15.1 Å². The molecule has 0 aliphatic rings. The SMILES string of the molecule is CCOc1ccccc1OCC(=O)N[C@@H](c1cnn(C)c1)C(C)(C)C. The average Bonchev–Trinajstić information content (AvgIpc) is 2.97. The predicted molar refractivity (Wildman–Crippen MR) is 96.7 cm³/mol. The van der Waals surface area contributed by atoms with E-state index in [1.165, 1.54) is 0 Å². The molecule has 0 saturated heterocycles. The maximum absolute atomic E-state index is 12.4. The Hall–Kier alpha value is -2.50. The first kappa shape index (κ1) is 18.8. The molecule has 2 aromatic rings. The minimum absolute atomic E-state index is 0.0725. The number of benzene rings is 1. The zero-order valence-corrected chi connectivity index (χ0v) is 15.6. The van der Waals surface area contributed by atoms with Crippen molar-refractivity contribution in [3.8, 4) is 11.5 Å². The normalized spacial score (nSPS) is 12.5.